The van der Waals surface area contributed by atoms with E-state index in [-0.39, 0.29) is 6.54 Å². The van der Waals surface area contributed by atoms with Crippen molar-refractivity contribution in [3.8, 4) is 0 Å². The highest BCUT2D eigenvalue weighted by molar-refractivity contribution is 5.23. The van der Waals surface area contributed by atoms with Gasteiger partial charge in [0.15, 0.2) is 5.60 Å². The van der Waals surface area contributed by atoms with Crippen LogP contribution >= 0.6 is 0 Å². The molecule has 1 saturated heterocycles. The Hall–Kier alpha value is -0.220. The molecule has 1 saturated carbocycles. The fraction of sp³-hybridized carbons (Fsp3) is 1.00. The Bertz CT molecular complexity index is 185. The number of fused-ring (bicyclic) bond motifs is 1. The first-order valence-corrected chi connectivity index (χ1v) is 3.87. The molecule has 2 rings (SSSR count). The standard InChI is InChI=1S/C7H11F2NO/c8-7(9)5-2-1-3-11-6(5,7)4-10/h5H,1-4,10H2. The molecule has 0 spiro atoms. The van der Waals surface area contributed by atoms with E-state index in [2.05, 4.69) is 0 Å². The van der Waals surface area contributed by atoms with E-state index in [0.29, 0.717) is 13.0 Å². The van der Waals surface area contributed by atoms with Crippen LogP contribution in [-0.2, 0) is 4.74 Å². The number of alkyl halides is 2. The highest BCUT2D eigenvalue weighted by Crippen LogP contribution is 2.64. The van der Waals surface area contributed by atoms with E-state index in [1.165, 1.54) is 0 Å². The largest absolute Gasteiger partial charge is 0.367 e. The van der Waals surface area contributed by atoms with Gasteiger partial charge in [-0.25, -0.2) is 8.78 Å². The molecule has 1 aliphatic carbocycles. The fourth-order valence-corrected chi connectivity index (χ4v) is 2.00. The quantitative estimate of drug-likeness (QED) is 0.619. The van der Waals surface area contributed by atoms with E-state index in [9.17, 15) is 8.78 Å². The van der Waals surface area contributed by atoms with Crippen LogP contribution in [0.5, 0.6) is 0 Å². The van der Waals surface area contributed by atoms with Crippen molar-refractivity contribution in [3.05, 3.63) is 0 Å². The molecule has 0 amide bonds. The molecule has 0 bridgehead atoms. The zero-order chi connectivity index (χ0) is 8.11. The molecule has 2 aliphatic rings. The number of ether oxygens (including phenoxy) is 1. The summed E-state index contributed by atoms with van der Waals surface area (Å²) in [7, 11) is 0. The maximum absolute atomic E-state index is 13.0. The lowest BCUT2D eigenvalue weighted by Gasteiger charge is -2.18. The minimum absolute atomic E-state index is 0.0509. The van der Waals surface area contributed by atoms with E-state index in [4.69, 9.17) is 10.5 Å². The highest BCUT2D eigenvalue weighted by Gasteiger charge is 2.81. The zero-order valence-corrected chi connectivity index (χ0v) is 6.15. The van der Waals surface area contributed by atoms with Crippen molar-refractivity contribution in [1.29, 1.82) is 0 Å². The first-order valence-electron chi connectivity index (χ1n) is 3.87. The molecular weight excluding hydrogens is 152 g/mol. The summed E-state index contributed by atoms with van der Waals surface area (Å²) in [6.07, 6.45) is 1.30. The average Bonchev–Trinajstić information content (AvgIpc) is 2.52. The lowest BCUT2D eigenvalue weighted by molar-refractivity contribution is -0.0542. The molecule has 11 heavy (non-hydrogen) atoms. The van der Waals surface area contributed by atoms with Crippen LogP contribution in [0.2, 0.25) is 0 Å². The van der Waals surface area contributed by atoms with Crippen LogP contribution in [0.15, 0.2) is 0 Å². The van der Waals surface area contributed by atoms with Crippen LogP contribution in [0.4, 0.5) is 8.78 Å². The Balaban J connectivity index is 2.20. The van der Waals surface area contributed by atoms with Gasteiger partial charge in [0.1, 0.15) is 0 Å². The van der Waals surface area contributed by atoms with E-state index in [1.54, 1.807) is 0 Å². The van der Waals surface area contributed by atoms with E-state index in [0.717, 1.165) is 6.42 Å². The topological polar surface area (TPSA) is 35.2 Å². The molecule has 0 aromatic rings. The third-order valence-corrected chi connectivity index (χ3v) is 2.78. The Morgan fingerprint density at radius 2 is 2.27 bits per heavy atom. The molecule has 2 fully saturated rings. The minimum atomic E-state index is -2.65. The van der Waals surface area contributed by atoms with Crippen LogP contribution in [0, 0.1) is 5.92 Å². The van der Waals surface area contributed by atoms with Gasteiger partial charge in [0.2, 0.25) is 0 Å². The maximum Gasteiger partial charge on any atom is 0.283 e. The molecule has 0 aromatic heterocycles. The summed E-state index contributed by atoms with van der Waals surface area (Å²) in [6, 6.07) is 0. The summed E-state index contributed by atoms with van der Waals surface area (Å²) < 4.78 is 30.9. The molecule has 64 valence electrons. The smallest absolute Gasteiger partial charge is 0.283 e. The van der Waals surface area contributed by atoms with Crippen LogP contribution in [0.25, 0.3) is 0 Å². The molecule has 2 atom stereocenters. The summed E-state index contributed by atoms with van der Waals surface area (Å²) in [5.74, 6) is -3.26. The Morgan fingerprint density at radius 1 is 1.55 bits per heavy atom. The van der Waals surface area contributed by atoms with Crippen molar-refractivity contribution in [2.24, 2.45) is 11.7 Å². The van der Waals surface area contributed by atoms with Gasteiger partial charge in [-0.3, -0.25) is 0 Å². The van der Waals surface area contributed by atoms with Gasteiger partial charge in [-0.05, 0) is 12.8 Å². The molecular formula is C7H11F2NO. The van der Waals surface area contributed by atoms with Crippen LogP contribution in [0.3, 0.4) is 0 Å². The SMILES string of the molecule is NCC12OCCCC1C2(F)F. The zero-order valence-electron chi connectivity index (χ0n) is 6.15. The Kier molecular flexibility index (Phi) is 1.30. The molecule has 2 unspecified atom stereocenters. The van der Waals surface area contributed by atoms with Gasteiger partial charge in [-0.15, -0.1) is 0 Å². The molecule has 1 aliphatic heterocycles. The molecule has 4 heteroatoms. The summed E-state index contributed by atoms with van der Waals surface area (Å²) >= 11 is 0. The maximum atomic E-state index is 13.0. The van der Waals surface area contributed by atoms with Crippen molar-refractivity contribution in [3.63, 3.8) is 0 Å². The number of halogens is 2. The lowest BCUT2D eigenvalue weighted by Crippen LogP contribution is -2.34. The molecule has 2 N–H and O–H groups in total. The average molecular weight is 163 g/mol. The first kappa shape index (κ1) is 7.43. The van der Waals surface area contributed by atoms with Crippen LogP contribution in [-0.4, -0.2) is 24.7 Å². The Labute approximate surface area is 63.7 Å². The molecule has 0 aromatic carbocycles. The van der Waals surface area contributed by atoms with Gasteiger partial charge in [0.05, 0.1) is 5.92 Å². The normalized spacial score (nSPS) is 46.6. The minimum Gasteiger partial charge on any atom is -0.367 e. The third-order valence-electron chi connectivity index (χ3n) is 2.78. The monoisotopic (exact) mass is 163 g/mol. The summed E-state index contributed by atoms with van der Waals surface area (Å²) in [6.45, 7) is 0.383. The van der Waals surface area contributed by atoms with Crippen molar-refractivity contribution >= 4 is 0 Å². The predicted molar refractivity (Wildman–Crippen MR) is 35.4 cm³/mol. The predicted octanol–water partition coefficient (Wildman–Crippen LogP) is 0.759. The van der Waals surface area contributed by atoms with Gasteiger partial charge in [-0.2, -0.15) is 0 Å². The summed E-state index contributed by atoms with van der Waals surface area (Å²) in [4.78, 5) is 0. The molecule has 1 heterocycles. The molecule has 2 nitrogen and oxygen atoms in total. The van der Waals surface area contributed by atoms with Gasteiger partial charge in [-0.1, -0.05) is 0 Å². The first-order chi connectivity index (χ1) is 5.15. The van der Waals surface area contributed by atoms with Crippen LogP contribution < -0.4 is 5.73 Å². The van der Waals surface area contributed by atoms with Crippen molar-refractivity contribution in [2.75, 3.05) is 13.2 Å². The fourth-order valence-electron chi connectivity index (χ4n) is 2.00. The summed E-state index contributed by atoms with van der Waals surface area (Å²) in [5, 5.41) is 0. The van der Waals surface area contributed by atoms with Gasteiger partial charge >= 0.3 is 0 Å². The van der Waals surface area contributed by atoms with Crippen molar-refractivity contribution in [1.82, 2.24) is 0 Å². The second-order valence-corrected chi connectivity index (χ2v) is 3.26. The van der Waals surface area contributed by atoms with E-state index < -0.39 is 17.4 Å². The van der Waals surface area contributed by atoms with E-state index >= 15 is 0 Å². The van der Waals surface area contributed by atoms with E-state index in [1.807, 2.05) is 0 Å². The second kappa shape index (κ2) is 1.93. The highest BCUT2D eigenvalue weighted by atomic mass is 19.3. The van der Waals surface area contributed by atoms with Gasteiger partial charge in [0, 0.05) is 13.2 Å². The van der Waals surface area contributed by atoms with Gasteiger partial charge in [0.25, 0.3) is 5.92 Å². The number of hydrogen-bond acceptors (Lipinski definition) is 2. The van der Waals surface area contributed by atoms with Crippen molar-refractivity contribution in [2.45, 2.75) is 24.4 Å². The summed E-state index contributed by atoms with van der Waals surface area (Å²) in [5.41, 5.74) is 3.98. The number of nitrogens with two attached hydrogens (primary N) is 1. The molecule has 0 radical (unpaired) electrons. The van der Waals surface area contributed by atoms with Gasteiger partial charge < -0.3 is 10.5 Å². The second-order valence-electron chi connectivity index (χ2n) is 3.26. The van der Waals surface area contributed by atoms with Crippen molar-refractivity contribution < 1.29 is 13.5 Å². The number of hydrogen-bond donors (Lipinski definition) is 1. The number of rotatable bonds is 1. The lowest BCUT2D eigenvalue weighted by atomic mass is 10.1. The van der Waals surface area contributed by atoms with Crippen LogP contribution in [0.1, 0.15) is 12.8 Å². The third kappa shape index (κ3) is 0.667. The Morgan fingerprint density at radius 3 is 2.73 bits per heavy atom.